The first-order valence-electron chi connectivity index (χ1n) is 8.74. The Morgan fingerprint density at radius 3 is 2.28 bits per heavy atom. The fraction of sp³-hybridized carbons (Fsp3) is 0.833. The van der Waals surface area contributed by atoms with Gasteiger partial charge in [0.15, 0.2) is 0 Å². The SMILES string of the molecule is CCOC(=O)[C@H]1[C@H](C(C)=O)[C@H]1[C@@H]1COC(C)(C)N1C(=O)OC(C)(C)C. The lowest BCUT2D eigenvalue weighted by molar-refractivity contribution is -0.146. The van der Waals surface area contributed by atoms with Crippen molar-refractivity contribution < 1.29 is 28.6 Å². The number of Topliss-reactive ketones (excluding diaryl/α,β-unsaturated/α-hetero) is 1. The third kappa shape index (κ3) is 3.97. The van der Waals surface area contributed by atoms with E-state index in [4.69, 9.17) is 14.2 Å². The summed E-state index contributed by atoms with van der Waals surface area (Å²) in [5, 5.41) is 0. The number of carbonyl (C=O) groups excluding carboxylic acids is 3. The van der Waals surface area contributed by atoms with E-state index in [2.05, 4.69) is 0 Å². The Labute approximate surface area is 149 Å². The first kappa shape index (κ1) is 19.7. The molecule has 25 heavy (non-hydrogen) atoms. The molecule has 0 unspecified atom stereocenters. The van der Waals surface area contributed by atoms with Gasteiger partial charge in [0.25, 0.3) is 0 Å². The lowest BCUT2D eigenvalue weighted by atomic mass is 10.1. The number of amides is 1. The third-order valence-electron chi connectivity index (χ3n) is 4.66. The van der Waals surface area contributed by atoms with Gasteiger partial charge in [-0.15, -0.1) is 0 Å². The topological polar surface area (TPSA) is 82.1 Å². The molecule has 142 valence electrons. The molecule has 1 aliphatic heterocycles. The van der Waals surface area contributed by atoms with Gasteiger partial charge in [-0.2, -0.15) is 0 Å². The van der Waals surface area contributed by atoms with Gasteiger partial charge >= 0.3 is 12.1 Å². The second-order valence-electron chi connectivity index (χ2n) is 8.17. The molecule has 1 amide bonds. The molecule has 7 nitrogen and oxygen atoms in total. The van der Waals surface area contributed by atoms with Gasteiger partial charge in [0.1, 0.15) is 17.1 Å². The Hall–Kier alpha value is -1.63. The van der Waals surface area contributed by atoms with Crippen LogP contribution in [0, 0.1) is 17.8 Å². The lowest BCUT2D eigenvalue weighted by Gasteiger charge is -2.35. The van der Waals surface area contributed by atoms with Crippen LogP contribution in [0.25, 0.3) is 0 Å². The molecule has 0 aromatic rings. The Morgan fingerprint density at radius 2 is 1.80 bits per heavy atom. The van der Waals surface area contributed by atoms with Gasteiger partial charge in [-0.3, -0.25) is 14.5 Å². The van der Waals surface area contributed by atoms with E-state index in [0.29, 0.717) is 0 Å². The van der Waals surface area contributed by atoms with Crippen LogP contribution in [-0.4, -0.2) is 53.3 Å². The minimum absolute atomic E-state index is 0.0723. The third-order valence-corrected chi connectivity index (χ3v) is 4.66. The van der Waals surface area contributed by atoms with Gasteiger partial charge < -0.3 is 14.2 Å². The van der Waals surface area contributed by atoms with E-state index in [1.807, 2.05) is 0 Å². The summed E-state index contributed by atoms with van der Waals surface area (Å²) in [5.74, 6) is -1.72. The summed E-state index contributed by atoms with van der Waals surface area (Å²) in [4.78, 5) is 38.4. The Morgan fingerprint density at radius 1 is 1.20 bits per heavy atom. The summed E-state index contributed by atoms with van der Waals surface area (Å²) in [6, 6.07) is -0.395. The van der Waals surface area contributed by atoms with Crippen molar-refractivity contribution in [2.75, 3.05) is 13.2 Å². The molecule has 2 aliphatic rings. The number of ether oxygens (including phenoxy) is 3. The van der Waals surface area contributed by atoms with Crippen LogP contribution in [0.4, 0.5) is 4.79 Å². The first-order chi connectivity index (χ1) is 11.4. The standard InChI is InChI=1S/C18H29NO6/c1-8-23-15(21)14-12(10(2)20)13(14)11-9-24-18(6,7)19(11)16(22)25-17(3,4)5/h11-14H,8-9H2,1-7H3/t11-,12+,13+,14-/m0/s1. The zero-order valence-corrected chi connectivity index (χ0v) is 16.1. The highest BCUT2D eigenvalue weighted by molar-refractivity contribution is 5.91. The number of carbonyl (C=O) groups is 3. The van der Waals surface area contributed by atoms with Crippen molar-refractivity contribution in [2.45, 2.75) is 65.8 Å². The molecule has 1 saturated carbocycles. The summed E-state index contributed by atoms with van der Waals surface area (Å²) in [6.07, 6.45) is -0.503. The molecule has 1 saturated heterocycles. The van der Waals surface area contributed by atoms with Crippen LogP contribution >= 0.6 is 0 Å². The highest BCUT2D eigenvalue weighted by Gasteiger charge is 2.66. The second kappa shape index (κ2) is 6.59. The summed E-state index contributed by atoms with van der Waals surface area (Å²) >= 11 is 0. The van der Waals surface area contributed by atoms with Crippen molar-refractivity contribution in [1.82, 2.24) is 4.90 Å². The first-order valence-corrected chi connectivity index (χ1v) is 8.74. The molecule has 0 bridgehead atoms. The van der Waals surface area contributed by atoms with Crippen molar-refractivity contribution >= 4 is 17.8 Å². The van der Waals surface area contributed by atoms with Gasteiger partial charge in [0.05, 0.1) is 25.2 Å². The number of esters is 1. The largest absolute Gasteiger partial charge is 0.466 e. The number of ketones is 1. The number of nitrogens with zero attached hydrogens (tertiary/aromatic N) is 1. The molecule has 0 aromatic heterocycles. The lowest BCUT2D eigenvalue weighted by Crippen LogP contribution is -2.51. The average Bonchev–Trinajstić information content (AvgIpc) is 3.09. The molecule has 7 heteroatoms. The monoisotopic (exact) mass is 355 g/mol. The minimum Gasteiger partial charge on any atom is -0.466 e. The summed E-state index contributed by atoms with van der Waals surface area (Å²) < 4.78 is 16.4. The maximum Gasteiger partial charge on any atom is 0.412 e. The number of hydrogen-bond acceptors (Lipinski definition) is 6. The van der Waals surface area contributed by atoms with Gasteiger partial charge in [-0.1, -0.05) is 0 Å². The molecule has 0 spiro atoms. The Bertz CT molecular complexity index is 564. The molecular formula is C18H29NO6. The van der Waals surface area contributed by atoms with Crippen LogP contribution < -0.4 is 0 Å². The van der Waals surface area contributed by atoms with Crippen LogP contribution in [0.5, 0.6) is 0 Å². The van der Waals surface area contributed by atoms with Crippen molar-refractivity contribution in [3.63, 3.8) is 0 Å². The molecule has 0 radical (unpaired) electrons. The Balaban J connectivity index is 2.25. The summed E-state index contributed by atoms with van der Waals surface area (Å²) in [7, 11) is 0. The molecule has 0 aromatic carbocycles. The van der Waals surface area contributed by atoms with E-state index in [9.17, 15) is 14.4 Å². The van der Waals surface area contributed by atoms with Crippen molar-refractivity contribution in [3.05, 3.63) is 0 Å². The van der Waals surface area contributed by atoms with Crippen LogP contribution in [0.2, 0.25) is 0 Å². The predicted octanol–water partition coefficient (Wildman–Crippen LogP) is 2.37. The molecule has 1 heterocycles. The molecule has 2 fully saturated rings. The van der Waals surface area contributed by atoms with Crippen molar-refractivity contribution in [2.24, 2.45) is 17.8 Å². The van der Waals surface area contributed by atoms with Crippen molar-refractivity contribution in [3.8, 4) is 0 Å². The molecule has 0 N–H and O–H groups in total. The molecule has 2 rings (SSSR count). The quantitative estimate of drug-likeness (QED) is 0.720. The van der Waals surface area contributed by atoms with E-state index in [-0.39, 0.29) is 30.9 Å². The zero-order valence-electron chi connectivity index (χ0n) is 16.1. The van der Waals surface area contributed by atoms with Gasteiger partial charge in [0.2, 0.25) is 0 Å². The van der Waals surface area contributed by atoms with E-state index in [0.717, 1.165) is 0 Å². The highest BCUT2D eigenvalue weighted by Crippen LogP contribution is 2.54. The van der Waals surface area contributed by atoms with Gasteiger partial charge in [-0.25, -0.2) is 4.79 Å². The van der Waals surface area contributed by atoms with E-state index < -0.39 is 35.3 Å². The molecule has 1 aliphatic carbocycles. The molecule has 4 atom stereocenters. The maximum absolute atomic E-state index is 12.7. The normalized spacial score (nSPS) is 30.8. The smallest absolute Gasteiger partial charge is 0.412 e. The summed E-state index contributed by atoms with van der Waals surface area (Å²) in [5.41, 5.74) is -1.51. The van der Waals surface area contributed by atoms with E-state index >= 15 is 0 Å². The zero-order chi connectivity index (χ0) is 19.2. The highest BCUT2D eigenvalue weighted by atomic mass is 16.6. The van der Waals surface area contributed by atoms with Crippen LogP contribution in [-0.2, 0) is 23.8 Å². The fourth-order valence-electron chi connectivity index (χ4n) is 3.66. The maximum atomic E-state index is 12.7. The second-order valence-corrected chi connectivity index (χ2v) is 8.17. The van der Waals surface area contributed by atoms with Crippen LogP contribution in [0.3, 0.4) is 0 Å². The number of rotatable bonds is 4. The summed E-state index contributed by atoms with van der Waals surface area (Å²) in [6.45, 7) is 12.7. The fourth-order valence-corrected chi connectivity index (χ4v) is 3.66. The van der Waals surface area contributed by atoms with Gasteiger partial charge in [-0.05, 0) is 48.5 Å². The average molecular weight is 355 g/mol. The van der Waals surface area contributed by atoms with Gasteiger partial charge in [0, 0.05) is 11.8 Å². The van der Waals surface area contributed by atoms with Crippen molar-refractivity contribution in [1.29, 1.82) is 0 Å². The van der Waals surface area contributed by atoms with E-state index in [1.54, 1.807) is 41.5 Å². The van der Waals surface area contributed by atoms with Crippen LogP contribution in [0.15, 0.2) is 0 Å². The minimum atomic E-state index is -0.865. The number of hydrogen-bond donors (Lipinski definition) is 0. The van der Waals surface area contributed by atoms with E-state index in [1.165, 1.54) is 11.8 Å². The Kier molecular flexibility index (Phi) is 5.19. The predicted molar refractivity (Wildman–Crippen MR) is 89.7 cm³/mol. The van der Waals surface area contributed by atoms with Crippen LogP contribution in [0.1, 0.15) is 48.5 Å². The molecular weight excluding hydrogens is 326 g/mol.